The van der Waals surface area contributed by atoms with Crippen LogP contribution in [0.25, 0.3) is 22.4 Å². The van der Waals surface area contributed by atoms with Crippen molar-refractivity contribution >= 4 is 16.9 Å². The van der Waals surface area contributed by atoms with Crippen LogP contribution in [0.5, 0.6) is 11.5 Å². The highest BCUT2D eigenvalue weighted by atomic mass is 16.5. The van der Waals surface area contributed by atoms with Gasteiger partial charge >= 0.3 is 0 Å². The van der Waals surface area contributed by atoms with E-state index in [0.29, 0.717) is 6.54 Å². The molecule has 0 aliphatic carbocycles. The van der Waals surface area contributed by atoms with Gasteiger partial charge in [0.1, 0.15) is 17.0 Å². The molecule has 4 rings (SSSR count). The number of aliphatic hydroxyl groups excluding tert-OH is 1. The molecule has 2 aromatic heterocycles. The SMILES string of the molecule is COc1cc(CCc2cnc3[nH]c(-c4ccc(NCCNCCO)cc4)cc3n2)cc(OC)c1. The summed E-state index contributed by atoms with van der Waals surface area (Å²) in [6, 6.07) is 16.2. The number of ether oxygens (including phenoxy) is 2. The Morgan fingerprint density at radius 3 is 2.38 bits per heavy atom. The summed E-state index contributed by atoms with van der Waals surface area (Å²) >= 11 is 0. The van der Waals surface area contributed by atoms with E-state index in [1.165, 1.54) is 0 Å². The molecule has 178 valence electrons. The Hall–Kier alpha value is -3.62. The van der Waals surface area contributed by atoms with Crippen molar-refractivity contribution in [2.45, 2.75) is 12.8 Å². The summed E-state index contributed by atoms with van der Waals surface area (Å²) in [7, 11) is 3.31. The Balaban J connectivity index is 1.40. The Morgan fingerprint density at radius 2 is 1.68 bits per heavy atom. The lowest BCUT2D eigenvalue weighted by Crippen LogP contribution is -2.24. The minimum atomic E-state index is 0.155. The molecule has 8 nitrogen and oxygen atoms in total. The quantitative estimate of drug-likeness (QED) is 0.240. The third-order valence-electron chi connectivity index (χ3n) is 5.58. The Kier molecular flexibility index (Phi) is 7.95. The Labute approximate surface area is 199 Å². The third-order valence-corrected chi connectivity index (χ3v) is 5.58. The van der Waals surface area contributed by atoms with E-state index in [-0.39, 0.29) is 6.61 Å². The number of aromatic nitrogens is 3. The Morgan fingerprint density at radius 1 is 0.912 bits per heavy atom. The molecule has 34 heavy (non-hydrogen) atoms. The van der Waals surface area contributed by atoms with Gasteiger partial charge < -0.3 is 30.2 Å². The molecule has 0 amide bonds. The standard InChI is InChI=1S/C26H31N5O3/c1-33-22-13-18(14-23(15-22)34-2)3-6-21-17-29-26-25(30-21)16-24(31-26)19-4-7-20(8-5-19)28-10-9-27-11-12-32/h4-5,7-8,13-17,27-28,32H,3,6,9-12H2,1-2H3,(H,29,31). The normalized spacial score (nSPS) is 11.0. The van der Waals surface area contributed by atoms with Gasteiger partial charge in [0.2, 0.25) is 0 Å². The number of benzene rings is 2. The van der Waals surface area contributed by atoms with Crippen LogP contribution < -0.4 is 20.1 Å². The summed E-state index contributed by atoms with van der Waals surface area (Å²) < 4.78 is 10.7. The van der Waals surface area contributed by atoms with Gasteiger partial charge in [-0.2, -0.15) is 0 Å². The fourth-order valence-corrected chi connectivity index (χ4v) is 3.77. The molecule has 4 aromatic rings. The van der Waals surface area contributed by atoms with Crippen LogP contribution >= 0.6 is 0 Å². The molecule has 0 fully saturated rings. The molecule has 8 heteroatoms. The van der Waals surface area contributed by atoms with E-state index in [4.69, 9.17) is 19.6 Å². The molecule has 0 aliphatic rings. The van der Waals surface area contributed by atoms with E-state index in [1.807, 2.05) is 30.5 Å². The lowest BCUT2D eigenvalue weighted by molar-refractivity contribution is 0.293. The molecule has 0 spiro atoms. The van der Waals surface area contributed by atoms with Crippen molar-refractivity contribution in [1.82, 2.24) is 20.3 Å². The highest BCUT2D eigenvalue weighted by Gasteiger charge is 2.08. The van der Waals surface area contributed by atoms with Gasteiger partial charge in [-0.25, -0.2) is 9.97 Å². The number of anilines is 1. The van der Waals surface area contributed by atoms with E-state index in [9.17, 15) is 0 Å². The first kappa shape index (κ1) is 23.5. The largest absolute Gasteiger partial charge is 0.497 e. The Bertz CT molecular complexity index is 1180. The van der Waals surface area contributed by atoms with Crippen LogP contribution in [0.3, 0.4) is 0 Å². The molecule has 0 atom stereocenters. The van der Waals surface area contributed by atoms with Crippen LogP contribution in [-0.2, 0) is 12.8 Å². The first-order chi connectivity index (χ1) is 16.7. The third kappa shape index (κ3) is 6.03. The number of fused-ring (bicyclic) bond motifs is 1. The lowest BCUT2D eigenvalue weighted by Gasteiger charge is -2.08. The van der Waals surface area contributed by atoms with Crippen LogP contribution in [0, 0.1) is 0 Å². The lowest BCUT2D eigenvalue weighted by atomic mass is 10.1. The maximum atomic E-state index is 8.80. The van der Waals surface area contributed by atoms with Gasteiger partial charge in [-0.3, -0.25) is 0 Å². The highest BCUT2D eigenvalue weighted by molar-refractivity contribution is 5.80. The second-order valence-corrected chi connectivity index (χ2v) is 7.98. The molecule has 2 aromatic carbocycles. The van der Waals surface area contributed by atoms with Gasteiger partial charge in [-0.1, -0.05) is 12.1 Å². The fourth-order valence-electron chi connectivity index (χ4n) is 3.77. The summed E-state index contributed by atoms with van der Waals surface area (Å²) in [4.78, 5) is 12.8. The van der Waals surface area contributed by atoms with Gasteiger partial charge in [0.05, 0.1) is 32.7 Å². The second-order valence-electron chi connectivity index (χ2n) is 7.98. The van der Waals surface area contributed by atoms with E-state index >= 15 is 0 Å². The summed E-state index contributed by atoms with van der Waals surface area (Å²) in [6.07, 6.45) is 3.42. The maximum Gasteiger partial charge on any atom is 0.156 e. The first-order valence-electron chi connectivity index (χ1n) is 11.4. The van der Waals surface area contributed by atoms with E-state index < -0.39 is 0 Å². The second kappa shape index (κ2) is 11.5. The number of methoxy groups -OCH3 is 2. The fraction of sp³-hybridized carbons (Fsp3) is 0.308. The molecule has 0 aliphatic heterocycles. The molecule has 0 radical (unpaired) electrons. The molecule has 0 saturated carbocycles. The van der Waals surface area contributed by atoms with Crippen molar-refractivity contribution < 1.29 is 14.6 Å². The predicted molar refractivity (Wildman–Crippen MR) is 135 cm³/mol. The van der Waals surface area contributed by atoms with Crippen molar-refractivity contribution in [3.63, 3.8) is 0 Å². The maximum absolute atomic E-state index is 8.80. The molecule has 2 heterocycles. The number of rotatable bonds is 12. The van der Waals surface area contributed by atoms with Crippen LogP contribution in [0.15, 0.2) is 54.7 Å². The van der Waals surface area contributed by atoms with E-state index in [1.54, 1.807) is 14.2 Å². The van der Waals surface area contributed by atoms with Gasteiger partial charge in [0.25, 0.3) is 0 Å². The summed E-state index contributed by atoms with van der Waals surface area (Å²) in [6.45, 7) is 2.36. The molecule has 0 bridgehead atoms. The van der Waals surface area contributed by atoms with Gasteiger partial charge in [-0.15, -0.1) is 0 Å². The molecule has 0 saturated heterocycles. The number of aromatic amines is 1. The highest BCUT2D eigenvalue weighted by Crippen LogP contribution is 2.25. The number of hydrogen-bond donors (Lipinski definition) is 4. The predicted octanol–water partition coefficient (Wildman–Crippen LogP) is 3.42. The van der Waals surface area contributed by atoms with Crippen LogP contribution in [0.4, 0.5) is 5.69 Å². The van der Waals surface area contributed by atoms with E-state index in [2.05, 4.69) is 44.9 Å². The number of H-pyrrole nitrogens is 1. The van der Waals surface area contributed by atoms with Crippen LogP contribution in [-0.4, -0.2) is 60.5 Å². The minimum absolute atomic E-state index is 0.155. The summed E-state index contributed by atoms with van der Waals surface area (Å²) in [5.41, 5.74) is 6.82. The first-order valence-corrected chi connectivity index (χ1v) is 11.4. The number of nitrogens with zero attached hydrogens (tertiary/aromatic N) is 2. The average molecular weight is 462 g/mol. The van der Waals surface area contributed by atoms with Gasteiger partial charge in [0.15, 0.2) is 5.65 Å². The topological polar surface area (TPSA) is 104 Å². The van der Waals surface area contributed by atoms with Crippen LogP contribution in [0.2, 0.25) is 0 Å². The zero-order valence-electron chi connectivity index (χ0n) is 19.6. The molecular formula is C26H31N5O3. The zero-order chi connectivity index (χ0) is 23.8. The average Bonchev–Trinajstić information content (AvgIpc) is 3.31. The van der Waals surface area contributed by atoms with Crippen LogP contribution in [0.1, 0.15) is 11.3 Å². The summed E-state index contributed by atoms with van der Waals surface area (Å²) in [5.74, 6) is 1.57. The number of aryl methyl sites for hydroxylation is 2. The monoisotopic (exact) mass is 461 g/mol. The van der Waals surface area contributed by atoms with Crippen molar-refractivity contribution in [3.8, 4) is 22.8 Å². The van der Waals surface area contributed by atoms with Crippen molar-refractivity contribution in [1.29, 1.82) is 0 Å². The zero-order valence-corrected chi connectivity index (χ0v) is 19.6. The smallest absolute Gasteiger partial charge is 0.156 e. The summed E-state index contributed by atoms with van der Waals surface area (Å²) in [5, 5.41) is 15.3. The van der Waals surface area contributed by atoms with Gasteiger partial charge in [0, 0.05) is 37.1 Å². The van der Waals surface area contributed by atoms with Gasteiger partial charge in [-0.05, 0) is 54.3 Å². The van der Waals surface area contributed by atoms with Crippen molar-refractivity contribution in [2.75, 3.05) is 45.8 Å². The van der Waals surface area contributed by atoms with Crippen molar-refractivity contribution in [2.24, 2.45) is 0 Å². The molecule has 0 unspecified atom stereocenters. The van der Waals surface area contributed by atoms with E-state index in [0.717, 1.165) is 76.8 Å². The molecule has 4 N–H and O–H groups in total. The number of aliphatic hydroxyl groups is 1. The minimum Gasteiger partial charge on any atom is -0.497 e. The molecular weight excluding hydrogens is 430 g/mol. The number of hydrogen-bond acceptors (Lipinski definition) is 7. The number of nitrogens with one attached hydrogen (secondary N) is 3. The van der Waals surface area contributed by atoms with Crippen molar-refractivity contribution in [3.05, 3.63) is 66.0 Å².